The number of aromatic nitrogens is 2. The number of benzene rings is 2. The quantitative estimate of drug-likeness (QED) is 0.598. The summed E-state index contributed by atoms with van der Waals surface area (Å²) in [5, 5.41) is 19.1. The summed E-state index contributed by atoms with van der Waals surface area (Å²) in [6, 6.07) is 12.0. The number of anilines is 2. The monoisotopic (exact) mass is 408 g/mol. The summed E-state index contributed by atoms with van der Waals surface area (Å²) in [4.78, 5) is 24.5. The Hall–Kier alpha value is -4.14. The van der Waals surface area contributed by atoms with Gasteiger partial charge in [0.2, 0.25) is 0 Å². The molecule has 30 heavy (non-hydrogen) atoms. The highest BCUT2D eigenvalue weighted by molar-refractivity contribution is 6.09. The highest BCUT2D eigenvalue weighted by Crippen LogP contribution is 2.34. The zero-order valence-electron chi connectivity index (χ0n) is 15.8. The molecular weight excluding hydrogens is 391 g/mol. The predicted octanol–water partition coefficient (Wildman–Crippen LogP) is 3.27. The number of amides is 1. The van der Waals surface area contributed by atoms with Crippen LogP contribution in [0, 0.1) is 5.82 Å². The lowest BCUT2D eigenvalue weighted by Gasteiger charge is -2.24. The molecule has 4 rings (SSSR count). The van der Waals surface area contributed by atoms with Gasteiger partial charge in [-0.25, -0.2) is 13.9 Å². The first-order valence-corrected chi connectivity index (χ1v) is 8.98. The van der Waals surface area contributed by atoms with Crippen molar-refractivity contribution in [2.24, 2.45) is 0 Å². The summed E-state index contributed by atoms with van der Waals surface area (Å²) >= 11 is 0. The van der Waals surface area contributed by atoms with Gasteiger partial charge in [-0.05, 0) is 24.3 Å². The molecule has 9 heteroatoms. The molecule has 152 valence electrons. The van der Waals surface area contributed by atoms with Gasteiger partial charge < -0.3 is 20.5 Å². The first kappa shape index (κ1) is 19.2. The van der Waals surface area contributed by atoms with Gasteiger partial charge >= 0.3 is 5.97 Å². The molecular formula is C21H17FN4O4. The molecule has 3 aromatic rings. The van der Waals surface area contributed by atoms with Crippen molar-refractivity contribution in [2.45, 2.75) is 6.04 Å². The fourth-order valence-corrected chi connectivity index (χ4v) is 3.26. The number of halogens is 1. The molecule has 0 unspecified atom stereocenters. The Balaban J connectivity index is 1.74. The van der Waals surface area contributed by atoms with E-state index < -0.39 is 23.7 Å². The fourth-order valence-electron chi connectivity index (χ4n) is 3.26. The van der Waals surface area contributed by atoms with Crippen LogP contribution in [0.25, 0.3) is 0 Å². The Morgan fingerprint density at radius 2 is 1.93 bits per heavy atom. The van der Waals surface area contributed by atoms with Crippen molar-refractivity contribution < 1.29 is 23.8 Å². The summed E-state index contributed by atoms with van der Waals surface area (Å²) < 4.78 is 21.0. The molecule has 0 saturated heterocycles. The average Bonchev–Trinajstić information content (AvgIpc) is 3.18. The Bertz CT molecular complexity index is 1170. The number of allylic oxidation sites excluding steroid dienone is 1. The van der Waals surface area contributed by atoms with Gasteiger partial charge in [-0.1, -0.05) is 30.3 Å². The van der Waals surface area contributed by atoms with E-state index in [2.05, 4.69) is 15.7 Å². The number of carboxylic acids is 1. The Morgan fingerprint density at radius 3 is 2.67 bits per heavy atom. The van der Waals surface area contributed by atoms with E-state index in [0.717, 1.165) is 0 Å². The van der Waals surface area contributed by atoms with Gasteiger partial charge in [-0.2, -0.15) is 5.10 Å². The Kier molecular flexibility index (Phi) is 4.93. The Morgan fingerprint density at radius 1 is 1.20 bits per heavy atom. The molecule has 0 radical (unpaired) electrons. The van der Waals surface area contributed by atoms with Crippen molar-refractivity contribution in [3.8, 4) is 5.75 Å². The standard InChI is InChI=1S/C21H17FN4O4/c1-30-18-9-5-4-8-15(18)25-20(27)13-11-23-26-17(12-6-2-3-7-14(12)22)10-16(21(28)29)24-19(13)26/h2-11,17,24H,1H3,(H,25,27)(H,28,29)/t17-/m1/s1. The molecule has 1 aliphatic heterocycles. The number of ether oxygens (including phenoxy) is 1. The maximum absolute atomic E-state index is 14.4. The van der Waals surface area contributed by atoms with Crippen LogP contribution in [0.1, 0.15) is 22.0 Å². The maximum atomic E-state index is 14.4. The predicted molar refractivity (Wildman–Crippen MR) is 107 cm³/mol. The van der Waals surface area contributed by atoms with Gasteiger partial charge in [0.15, 0.2) is 0 Å². The highest BCUT2D eigenvalue weighted by atomic mass is 19.1. The molecule has 1 atom stereocenters. The molecule has 1 amide bonds. The van der Waals surface area contributed by atoms with E-state index in [9.17, 15) is 19.1 Å². The smallest absolute Gasteiger partial charge is 0.352 e. The average molecular weight is 408 g/mol. The van der Waals surface area contributed by atoms with Crippen LogP contribution in [-0.4, -0.2) is 33.9 Å². The van der Waals surface area contributed by atoms with Crippen LogP contribution in [0.2, 0.25) is 0 Å². The summed E-state index contributed by atoms with van der Waals surface area (Å²) in [6.45, 7) is 0. The first-order valence-electron chi connectivity index (χ1n) is 8.98. The van der Waals surface area contributed by atoms with E-state index in [1.165, 1.54) is 36.2 Å². The molecule has 0 aliphatic carbocycles. The van der Waals surface area contributed by atoms with Gasteiger partial charge in [-0.15, -0.1) is 0 Å². The lowest BCUT2D eigenvalue weighted by atomic mass is 10.0. The molecule has 2 heterocycles. The number of aliphatic carboxylic acids is 1. The topological polar surface area (TPSA) is 105 Å². The first-order chi connectivity index (χ1) is 14.5. The van der Waals surface area contributed by atoms with E-state index in [1.54, 1.807) is 36.4 Å². The number of carbonyl (C=O) groups is 2. The van der Waals surface area contributed by atoms with Gasteiger partial charge in [0.1, 0.15) is 34.7 Å². The van der Waals surface area contributed by atoms with Gasteiger partial charge in [0.05, 0.1) is 19.0 Å². The number of fused-ring (bicyclic) bond motifs is 1. The third kappa shape index (κ3) is 3.37. The summed E-state index contributed by atoms with van der Waals surface area (Å²) in [5.41, 5.74) is 0.607. The maximum Gasteiger partial charge on any atom is 0.352 e. The van der Waals surface area contributed by atoms with Crippen LogP contribution < -0.4 is 15.4 Å². The molecule has 1 aliphatic rings. The van der Waals surface area contributed by atoms with Crippen LogP contribution in [-0.2, 0) is 4.79 Å². The number of para-hydroxylation sites is 2. The van der Waals surface area contributed by atoms with E-state index in [4.69, 9.17) is 4.74 Å². The van der Waals surface area contributed by atoms with Crippen LogP contribution in [0.4, 0.5) is 15.9 Å². The SMILES string of the molecule is COc1ccccc1NC(=O)c1cnn2c1NC(C(=O)O)=C[C@@H]2c1ccccc1F. The lowest BCUT2D eigenvalue weighted by molar-refractivity contribution is -0.132. The van der Waals surface area contributed by atoms with Crippen LogP contribution >= 0.6 is 0 Å². The van der Waals surface area contributed by atoms with Crippen molar-refractivity contribution in [2.75, 3.05) is 17.7 Å². The zero-order chi connectivity index (χ0) is 21.3. The third-order valence-electron chi connectivity index (χ3n) is 4.69. The minimum atomic E-state index is -1.24. The van der Waals surface area contributed by atoms with Crippen LogP contribution in [0.3, 0.4) is 0 Å². The number of hydrogen-bond acceptors (Lipinski definition) is 5. The van der Waals surface area contributed by atoms with Crippen molar-refractivity contribution in [1.29, 1.82) is 0 Å². The second-order valence-electron chi connectivity index (χ2n) is 6.48. The number of rotatable bonds is 5. The number of carboxylic acid groups (broad SMARTS) is 1. The molecule has 1 aromatic heterocycles. The second kappa shape index (κ2) is 7.70. The summed E-state index contributed by atoms with van der Waals surface area (Å²) in [5.74, 6) is -1.65. The van der Waals surface area contributed by atoms with E-state index in [1.807, 2.05) is 0 Å². The molecule has 0 spiro atoms. The minimum absolute atomic E-state index is 0.106. The number of hydrogen-bond donors (Lipinski definition) is 3. The van der Waals surface area contributed by atoms with Gasteiger partial charge in [0, 0.05) is 5.56 Å². The number of carbonyl (C=O) groups excluding carboxylic acids is 1. The molecule has 2 aromatic carbocycles. The van der Waals surface area contributed by atoms with Gasteiger partial charge in [0.25, 0.3) is 5.91 Å². The molecule has 3 N–H and O–H groups in total. The van der Waals surface area contributed by atoms with E-state index >= 15 is 0 Å². The highest BCUT2D eigenvalue weighted by Gasteiger charge is 2.30. The largest absolute Gasteiger partial charge is 0.495 e. The number of methoxy groups -OCH3 is 1. The van der Waals surface area contributed by atoms with Crippen molar-refractivity contribution in [3.05, 3.63) is 83.4 Å². The third-order valence-corrected chi connectivity index (χ3v) is 4.69. The normalized spacial score (nSPS) is 14.9. The fraction of sp³-hybridized carbons (Fsp3) is 0.0952. The van der Waals surface area contributed by atoms with Crippen LogP contribution in [0.15, 0.2) is 66.5 Å². The van der Waals surface area contributed by atoms with Crippen molar-refractivity contribution in [3.63, 3.8) is 0 Å². The summed E-state index contributed by atoms with van der Waals surface area (Å²) in [7, 11) is 1.48. The van der Waals surface area contributed by atoms with E-state index in [0.29, 0.717) is 11.4 Å². The van der Waals surface area contributed by atoms with Crippen molar-refractivity contribution >= 4 is 23.4 Å². The molecule has 8 nitrogen and oxygen atoms in total. The Labute approximate surface area is 170 Å². The van der Waals surface area contributed by atoms with E-state index in [-0.39, 0.29) is 22.6 Å². The molecule has 0 bridgehead atoms. The second-order valence-corrected chi connectivity index (χ2v) is 6.48. The van der Waals surface area contributed by atoms with Crippen LogP contribution in [0.5, 0.6) is 5.75 Å². The van der Waals surface area contributed by atoms with Crippen molar-refractivity contribution in [1.82, 2.24) is 9.78 Å². The zero-order valence-corrected chi connectivity index (χ0v) is 15.8. The minimum Gasteiger partial charge on any atom is -0.495 e. The lowest BCUT2D eigenvalue weighted by Crippen LogP contribution is -2.26. The van der Waals surface area contributed by atoms with Gasteiger partial charge in [-0.3, -0.25) is 4.79 Å². The number of nitrogens with one attached hydrogen (secondary N) is 2. The molecule has 0 fully saturated rings. The number of nitrogens with zero attached hydrogens (tertiary/aromatic N) is 2. The molecule has 0 saturated carbocycles. The summed E-state index contributed by atoms with van der Waals surface area (Å²) in [6.07, 6.45) is 2.65.